The SMILES string of the molecule is C=CCN(C(=O)c1cnc(Cl)c(Cl)c1)C(C)C. The molecular weight excluding hydrogens is 259 g/mol. The second-order valence-electron chi connectivity index (χ2n) is 3.84. The van der Waals surface area contributed by atoms with Gasteiger partial charge in [0.05, 0.1) is 10.6 Å². The Morgan fingerprint density at radius 2 is 2.24 bits per heavy atom. The summed E-state index contributed by atoms with van der Waals surface area (Å²) in [6.07, 6.45) is 3.11. The van der Waals surface area contributed by atoms with Gasteiger partial charge in [0.2, 0.25) is 0 Å². The van der Waals surface area contributed by atoms with Crippen LogP contribution in [0, 0.1) is 0 Å². The Kier molecular flexibility index (Phi) is 4.97. The molecule has 0 aliphatic rings. The van der Waals surface area contributed by atoms with Gasteiger partial charge < -0.3 is 4.90 Å². The first kappa shape index (κ1) is 14.0. The van der Waals surface area contributed by atoms with Crippen LogP contribution in [0.4, 0.5) is 0 Å². The molecule has 0 saturated carbocycles. The van der Waals surface area contributed by atoms with Gasteiger partial charge in [-0.05, 0) is 19.9 Å². The average molecular weight is 273 g/mol. The Hall–Kier alpha value is -1.06. The van der Waals surface area contributed by atoms with Crippen molar-refractivity contribution in [2.45, 2.75) is 19.9 Å². The van der Waals surface area contributed by atoms with Crippen molar-refractivity contribution in [3.05, 3.63) is 40.7 Å². The predicted octanol–water partition coefficient (Wildman–Crippen LogP) is 3.43. The zero-order chi connectivity index (χ0) is 13.0. The maximum atomic E-state index is 12.2. The number of hydrogen-bond acceptors (Lipinski definition) is 2. The summed E-state index contributed by atoms with van der Waals surface area (Å²) in [5.41, 5.74) is 0.426. The molecule has 5 heteroatoms. The van der Waals surface area contributed by atoms with E-state index in [9.17, 15) is 4.79 Å². The summed E-state index contributed by atoms with van der Waals surface area (Å²) in [5.74, 6) is -0.133. The lowest BCUT2D eigenvalue weighted by atomic mass is 10.2. The molecule has 0 saturated heterocycles. The molecule has 1 aromatic heterocycles. The first-order chi connectivity index (χ1) is 7.97. The van der Waals surface area contributed by atoms with Crippen LogP contribution in [0.5, 0.6) is 0 Å². The second kappa shape index (κ2) is 6.03. The number of amides is 1. The number of carbonyl (C=O) groups excluding carboxylic acids is 1. The number of aromatic nitrogens is 1. The number of nitrogens with zero attached hydrogens (tertiary/aromatic N) is 2. The minimum Gasteiger partial charge on any atom is -0.332 e. The third kappa shape index (κ3) is 3.45. The Morgan fingerprint density at radius 1 is 1.59 bits per heavy atom. The molecule has 0 aliphatic carbocycles. The van der Waals surface area contributed by atoms with E-state index in [0.29, 0.717) is 12.1 Å². The minimum atomic E-state index is -0.133. The van der Waals surface area contributed by atoms with Crippen LogP contribution in [0.25, 0.3) is 0 Å². The standard InChI is InChI=1S/C12H14Cl2N2O/c1-4-5-16(8(2)3)12(17)9-6-10(13)11(14)15-7-9/h4,6-8H,1,5H2,2-3H3. The van der Waals surface area contributed by atoms with Gasteiger partial charge in [0.15, 0.2) is 0 Å². The summed E-state index contributed by atoms with van der Waals surface area (Å²) in [6.45, 7) is 7.99. The monoisotopic (exact) mass is 272 g/mol. The van der Waals surface area contributed by atoms with Crippen molar-refractivity contribution in [2.24, 2.45) is 0 Å². The molecule has 0 aromatic carbocycles. The van der Waals surface area contributed by atoms with E-state index in [1.54, 1.807) is 11.0 Å². The Labute approximate surface area is 111 Å². The highest BCUT2D eigenvalue weighted by atomic mass is 35.5. The van der Waals surface area contributed by atoms with Crippen molar-refractivity contribution >= 4 is 29.1 Å². The Balaban J connectivity index is 3.00. The van der Waals surface area contributed by atoms with Gasteiger partial charge in [0, 0.05) is 18.8 Å². The minimum absolute atomic E-state index is 0.0787. The normalized spacial score (nSPS) is 10.4. The summed E-state index contributed by atoms with van der Waals surface area (Å²) in [6, 6.07) is 1.60. The zero-order valence-electron chi connectivity index (χ0n) is 9.78. The van der Waals surface area contributed by atoms with E-state index in [0.717, 1.165) is 0 Å². The van der Waals surface area contributed by atoms with E-state index in [1.165, 1.54) is 12.3 Å². The number of hydrogen-bond donors (Lipinski definition) is 0. The van der Waals surface area contributed by atoms with E-state index in [1.807, 2.05) is 13.8 Å². The molecule has 0 fully saturated rings. The average Bonchev–Trinajstić information content (AvgIpc) is 2.28. The first-order valence-corrected chi connectivity index (χ1v) is 5.96. The van der Waals surface area contributed by atoms with E-state index >= 15 is 0 Å². The summed E-state index contributed by atoms with van der Waals surface area (Å²) in [5, 5.41) is 0.475. The molecule has 0 aliphatic heterocycles. The molecule has 0 spiro atoms. The number of rotatable bonds is 4. The van der Waals surface area contributed by atoms with Crippen LogP contribution in [0.1, 0.15) is 24.2 Å². The number of pyridine rings is 1. The molecule has 0 unspecified atom stereocenters. The summed E-state index contributed by atoms with van der Waals surface area (Å²) < 4.78 is 0. The van der Waals surface area contributed by atoms with Gasteiger partial charge >= 0.3 is 0 Å². The Bertz CT molecular complexity index is 433. The molecule has 0 atom stereocenters. The van der Waals surface area contributed by atoms with Gasteiger partial charge in [0.1, 0.15) is 5.15 Å². The van der Waals surface area contributed by atoms with Crippen LogP contribution in [-0.2, 0) is 0 Å². The second-order valence-corrected chi connectivity index (χ2v) is 4.60. The van der Waals surface area contributed by atoms with Gasteiger partial charge in [-0.15, -0.1) is 6.58 Å². The molecule has 1 aromatic rings. The van der Waals surface area contributed by atoms with Crippen LogP contribution in [-0.4, -0.2) is 28.4 Å². The number of halogens is 2. The Morgan fingerprint density at radius 3 is 2.71 bits per heavy atom. The number of carbonyl (C=O) groups is 1. The maximum absolute atomic E-state index is 12.2. The fraction of sp³-hybridized carbons (Fsp3) is 0.333. The van der Waals surface area contributed by atoms with Crippen molar-refractivity contribution < 1.29 is 4.79 Å². The third-order valence-electron chi connectivity index (χ3n) is 2.25. The smallest absolute Gasteiger partial charge is 0.255 e. The van der Waals surface area contributed by atoms with Gasteiger partial charge in [0.25, 0.3) is 5.91 Å². The van der Waals surface area contributed by atoms with Gasteiger partial charge in [-0.3, -0.25) is 4.79 Å². The van der Waals surface area contributed by atoms with E-state index in [2.05, 4.69) is 11.6 Å². The van der Waals surface area contributed by atoms with E-state index < -0.39 is 0 Å². The molecule has 0 bridgehead atoms. The van der Waals surface area contributed by atoms with Crippen LogP contribution >= 0.6 is 23.2 Å². The lowest BCUT2D eigenvalue weighted by molar-refractivity contribution is 0.0728. The van der Waals surface area contributed by atoms with Crippen LogP contribution in [0.15, 0.2) is 24.9 Å². The third-order valence-corrected chi connectivity index (χ3v) is 2.94. The highest BCUT2D eigenvalue weighted by Crippen LogP contribution is 2.20. The molecule has 92 valence electrons. The highest BCUT2D eigenvalue weighted by Gasteiger charge is 2.18. The summed E-state index contributed by atoms with van der Waals surface area (Å²) >= 11 is 11.5. The largest absolute Gasteiger partial charge is 0.332 e. The lowest BCUT2D eigenvalue weighted by Gasteiger charge is -2.25. The summed E-state index contributed by atoms with van der Waals surface area (Å²) in [7, 11) is 0. The molecule has 0 radical (unpaired) electrons. The van der Waals surface area contributed by atoms with E-state index in [4.69, 9.17) is 23.2 Å². The lowest BCUT2D eigenvalue weighted by Crippen LogP contribution is -2.37. The molecule has 1 heterocycles. The summed E-state index contributed by atoms with van der Waals surface area (Å²) in [4.78, 5) is 17.7. The molecule has 1 amide bonds. The molecule has 1 rings (SSSR count). The predicted molar refractivity (Wildman–Crippen MR) is 70.6 cm³/mol. The van der Waals surface area contributed by atoms with E-state index in [-0.39, 0.29) is 22.1 Å². The van der Waals surface area contributed by atoms with Crippen LogP contribution in [0.2, 0.25) is 10.2 Å². The van der Waals surface area contributed by atoms with Crippen molar-refractivity contribution in [3.63, 3.8) is 0 Å². The molecular formula is C12H14Cl2N2O. The molecule has 0 N–H and O–H groups in total. The topological polar surface area (TPSA) is 33.2 Å². The highest BCUT2D eigenvalue weighted by molar-refractivity contribution is 6.41. The van der Waals surface area contributed by atoms with Crippen LogP contribution in [0.3, 0.4) is 0 Å². The van der Waals surface area contributed by atoms with Crippen molar-refractivity contribution in [1.82, 2.24) is 9.88 Å². The molecule has 17 heavy (non-hydrogen) atoms. The van der Waals surface area contributed by atoms with Crippen LogP contribution < -0.4 is 0 Å². The first-order valence-electron chi connectivity index (χ1n) is 5.20. The molecule has 3 nitrogen and oxygen atoms in total. The van der Waals surface area contributed by atoms with Gasteiger partial charge in [-0.25, -0.2) is 4.98 Å². The van der Waals surface area contributed by atoms with Gasteiger partial charge in [-0.1, -0.05) is 29.3 Å². The van der Waals surface area contributed by atoms with Crippen molar-refractivity contribution in [1.29, 1.82) is 0 Å². The fourth-order valence-electron chi connectivity index (χ4n) is 1.37. The zero-order valence-corrected chi connectivity index (χ0v) is 11.3. The quantitative estimate of drug-likeness (QED) is 0.622. The fourth-order valence-corrected chi connectivity index (χ4v) is 1.64. The van der Waals surface area contributed by atoms with Gasteiger partial charge in [-0.2, -0.15) is 0 Å². The van der Waals surface area contributed by atoms with Crippen molar-refractivity contribution in [2.75, 3.05) is 6.54 Å². The van der Waals surface area contributed by atoms with Crippen molar-refractivity contribution in [3.8, 4) is 0 Å². The maximum Gasteiger partial charge on any atom is 0.255 e.